The van der Waals surface area contributed by atoms with Crippen LogP contribution in [0.2, 0.25) is 0 Å². The lowest BCUT2D eigenvalue weighted by atomic mass is 10.0. The van der Waals surface area contributed by atoms with E-state index in [1.165, 1.54) is 16.2 Å². The van der Waals surface area contributed by atoms with Crippen LogP contribution in [0.4, 0.5) is 5.13 Å². The summed E-state index contributed by atoms with van der Waals surface area (Å²) in [5.74, 6) is 1.43. The first-order chi connectivity index (χ1) is 13.9. The number of carbonyl (C=O) groups is 1. The number of anilines is 1. The molecule has 0 spiro atoms. The van der Waals surface area contributed by atoms with Crippen LogP contribution in [0.25, 0.3) is 10.2 Å². The number of thiazole rings is 1. The minimum Gasteiger partial charge on any atom is -0.454 e. The summed E-state index contributed by atoms with van der Waals surface area (Å²) in [5.41, 5.74) is 3.68. The van der Waals surface area contributed by atoms with Crippen LogP contribution in [0.15, 0.2) is 30.3 Å². The predicted octanol–water partition coefficient (Wildman–Crippen LogP) is 2.82. The Morgan fingerprint density at radius 3 is 2.66 bits per heavy atom. The molecule has 0 aliphatic carbocycles. The fourth-order valence-corrected chi connectivity index (χ4v) is 4.50. The molecule has 7 heteroatoms. The second-order valence-corrected chi connectivity index (χ2v) is 8.76. The van der Waals surface area contributed by atoms with Crippen LogP contribution in [0.5, 0.6) is 11.5 Å². The van der Waals surface area contributed by atoms with E-state index in [2.05, 4.69) is 14.1 Å². The van der Waals surface area contributed by atoms with E-state index in [0.717, 1.165) is 45.6 Å². The van der Waals surface area contributed by atoms with Gasteiger partial charge in [0.25, 0.3) is 5.91 Å². The van der Waals surface area contributed by atoms with Gasteiger partial charge in [-0.05, 0) is 25.5 Å². The van der Waals surface area contributed by atoms with Crippen molar-refractivity contribution in [3.05, 3.63) is 47.0 Å². The molecule has 152 valence electrons. The number of rotatable bonds is 6. The third-order valence-electron chi connectivity index (χ3n) is 5.02. The second-order valence-electron chi connectivity index (χ2n) is 7.76. The number of aryl methyl sites for hydroxylation is 2. The highest BCUT2D eigenvalue weighted by Gasteiger charge is 2.24. The smallest absolute Gasteiger partial charge is 0.260 e. The quantitative estimate of drug-likeness (QED) is 0.677. The van der Waals surface area contributed by atoms with Crippen molar-refractivity contribution in [2.24, 2.45) is 0 Å². The largest absolute Gasteiger partial charge is 0.454 e. The lowest BCUT2D eigenvalue weighted by Crippen LogP contribution is -3.05. The van der Waals surface area contributed by atoms with Gasteiger partial charge < -0.3 is 14.4 Å². The van der Waals surface area contributed by atoms with Gasteiger partial charge in [0.05, 0.1) is 30.9 Å². The summed E-state index contributed by atoms with van der Waals surface area (Å²) >= 11 is 1.51. The molecule has 29 heavy (non-hydrogen) atoms. The van der Waals surface area contributed by atoms with Gasteiger partial charge in [-0.2, -0.15) is 0 Å². The zero-order valence-electron chi connectivity index (χ0n) is 17.2. The molecule has 2 aromatic carbocycles. The number of hydrogen-bond donors (Lipinski definition) is 1. The van der Waals surface area contributed by atoms with Crippen molar-refractivity contribution in [3.63, 3.8) is 0 Å². The lowest BCUT2D eigenvalue weighted by molar-refractivity contribution is -0.858. The zero-order valence-corrected chi connectivity index (χ0v) is 18.1. The van der Waals surface area contributed by atoms with Crippen molar-refractivity contribution < 1.29 is 19.2 Å². The molecule has 0 saturated heterocycles. The fourth-order valence-electron chi connectivity index (χ4n) is 3.50. The van der Waals surface area contributed by atoms with Gasteiger partial charge in [-0.3, -0.25) is 9.69 Å². The molecular weight excluding hydrogens is 386 g/mol. The zero-order chi connectivity index (χ0) is 20.5. The van der Waals surface area contributed by atoms with Gasteiger partial charge in [0.2, 0.25) is 6.79 Å². The molecular formula is C22H26N3O3S+. The van der Waals surface area contributed by atoms with Crippen molar-refractivity contribution in [2.45, 2.75) is 20.3 Å². The van der Waals surface area contributed by atoms with Crippen LogP contribution in [0.1, 0.15) is 27.9 Å². The molecule has 1 amide bonds. The number of benzene rings is 2. The average Bonchev–Trinajstić information content (AvgIpc) is 3.28. The summed E-state index contributed by atoms with van der Waals surface area (Å²) in [6.45, 7) is 5.88. The Balaban J connectivity index is 1.69. The Kier molecular flexibility index (Phi) is 5.43. The van der Waals surface area contributed by atoms with E-state index in [4.69, 9.17) is 14.5 Å². The van der Waals surface area contributed by atoms with Crippen LogP contribution in [0.3, 0.4) is 0 Å². The van der Waals surface area contributed by atoms with Gasteiger partial charge in [-0.25, -0.2) is 4.98 Å². The van der Waals surface area contributed by atoms with E-state index in [1.807, 2.05) is 49.1 Å². The number of ether oxygens (including phenoxy) is 2. The molecule has 0 radical (unpaired) electrons. The molecule has 4 rings (SSSR count). The van der Waals surface area contributed by atoms with Crippen molar-refractivity contribution in [1.82, 2.24) is 4.98 Å². The molecule has 0 saturated carbocycles. The van der Waals surface area contributed by atoms with Crippen molar-refractivity contribution in [2.75, 3.05) is 38.9 Å². The maximum absolute atomic E-state index is 13.5. The highest BCUT2D eigenvalue weighted by molar-refractivity contribution is 7.22. The minimum atomic E-state index is -0.00430. The third-order valence-corrected chi connectivity index (χ3v) is 6.06. The van der Waals surface area contributed by atoms with Crippen LogP contribution in [-0.4, -0.2) is 44.9 Å². The monoisotopic (exact) mass is 412 g/mol. The van der Waals surface area contributed by atoms with Crippen LogP contribution in [-0.2, 0) is 0 Å². The highest BCUT2D eigenvalue weighted by atomic mass is 32.1. The number of aromatic nitrogens is 1. The van der Waals surface area contributed by atoms with Gasteiger partial charge >= 0.3 is 0 Å². The van der Waals surface area contributed by atoms with Gasteiger partial charge in [-0.15, -0.1) is 0 Å². The SMILES string of the molecule is Cc1ccc(C(=O)N(CCC[NH+](C)C)c2nc3cc4c(cc3s2)OCO4)c(C)c1. The van der Waals surface area contributed by atoms with Gasteiger partial charge in [0, 0.05) is 30.7 Å². The Labute approximate surface area is 174 Å². The maximum atomic E-state index is 13.5. The van der Waals surface area contributed by atoms with E-state index in [9.17, 15) is 4.79 Å². The fraction of sp³-hybridized carbons (Fsp3) is 0.364. The molecule has 0 bridgehead atoms. The Bertz CT molecular complexity index is 1020. The van der Waals surface area contributed by atoms with Crippen LogP contribution >= 0.6 is 11.3 Å². The average molecular weight is 413 g/mol. The van der Waals surface area contributed by atoms with Crippen molar-refractivity contribution in [1.29, 1.82) is 0 Å². The van der Waals surface area contributed by atoms with E-state index < -0.39 is 0 Å². The summed E-state index contributed by atoms with van der Waals surface area (Å²) in [6, 6.07) is 9.79. The molecule has 1 N–H and O–H groups in total. The van der Waals surface area contributed by atoms with E-state index in [-0.39, 0.29) is 12.7 Å². The van der Waals surface area contributed by atoms with Crippen LogP contribution in [0, 0.1) is 13.8 Å². The number of fused-ring (bicyclic) bond motifs is 2. The normalized spacial score (nSPS) is 12.7. The number of amides is 1. The summed E-state index contributed by atoms with van der Waals surface area (Å²) < 4.78 is 11.9. The summed E-state index contributed by atoms with van der Waals surface area (Å²) in [7, 11) is 4.24. The summed E-state index contributed by atoms with van der Waals surface area (Å²) in [5, 5.41) is 0.711. The molecule has 0 atom stereocenters. The second kappa shape index (κ2) is 8.00. The minimum absolute atomic E-state index is 0.00430. The standard InChI is InChI=1S/C22H25N3O3S/c1-14-6-7-16(15(2)10-14)21(26)25(9-5-8-24(3)4)22-23-17-11-18-19(28-13-27-18)12-20(17)29-22/h6-7,10-12H,5,8-9,13H2,1-4H3/p+1. The molecule has 3 aromatic rings. The highest BCUT2D eigenvalue weighted by Crippen LogP contribution is 2.40. The van der Waals surface area contributed by atoms with Gasteiger partial charge in [0.15, 0.2) is 16.6 Å². The first kappa shape index (κ1) is 19.7. The predicted molar refractivity (Wildman–Crippen MR) is 116 cm³/mol. The van der Waals surface area contributed by atoms with E-state index in [0.29, 0.717) is 17.4 Å². The Morgan fingerprint density at radius 2 is 1.93 bits per heavy atom. The van der Waals surface area contributed by atoms with Crippen LogP contribution < -0.4 is 19.3 Å². The van der Waals surface area contributed by atoms with Gasteiger partial charge in [0.1, 0.15) is 0 Å². The number of nitrogens with zero attached hydrogens (tertiary/aromatic N) is 2. The summed E-state index contributed by atoms with van der Waals surface area (Å²) in [6.07, 6.45) is 0.900. The lowest BCUT2D eigenvalue weighted by Gasteiger charge is -2.21. The third kappa shape index (κ3) is 4.06. The molecule has 1 aliphatic heterocycles. The Hall–Kier alpha value is -2.64. The number of quaternary nitrogens is 1. The first-order valence-corrected chi connectivity index (χ1v) is 10.6. The molecule has 1 aliphatic rings. The molecule has 1 aromatic heterocycles. The summed E-state index contributed by atoms with van der Waals surface area (Å²) in [4.78, 5) is 21.4. The molecule has 2 heterocycles. The Morgan fingerprint density at radius 1 is 1.17 bits per heavy atom. The van der Waals surface area contributed by atoms with E-state index in [1.54, 1.807) is 0 Å². The topological polar surface area (TPSA) is 56.1 Å². The van der Waals surface area contributed by atoms with Gasteiger partial charge in [-0.1, -0.05) is 29.0 Å². The number of hydrogen-bond acceptors (Lipinski definition) is 5. The van der Waals surface area contributed by atoms with E-state index >= 15 is 0 Å². The molecule has 0 fully saturated rings. The molecule has 0 unspecified atom stereocenters. The van der Waals surface area contributed by atoms with Crippen molar-refractivity contribution >= 4 is 32.6 Å². The van der Waals surface area contributed by atoms with Crippen molar-refractivity contribution in [3.8, 4) is 11.5 Å². The first-order valence-electron chi connectivity index (χ1n) is 9.80. The molecule has 6 nitrogen and oxygen atoms in total. The maximum Gasteiger partial charge on any atom is 0.260 e. The number of carbonyl (C=O) groups excluding carboxylic acids is 1. The number of nitrogens with one attached hydrogen (secondary N) is 1.